The van der Waals surface area contributed by atoms with Crippen LogP contribution in [0, 0.1) is 0 Å². The first kappa shape index (κ1) is 16.2. The van der Waals surface area contributed by atoms with Gasteiger partial charge in [0.1, 0.15) is 22.5 Å². The number of methoxy groups -OCH3 is 1. The summed E-state index contributed by atoms with van der Waals surface area (Å²) in [5.41, 5.74) is 1.61. The van der Waals surface area contributed by atoms with Gasteiger partial charge in [0, 0.05) is 23.3 Å². The first-order chi connectivity index (χ1) is 12.7. The summed E-state index contributed by atoms with van der Waals surface area (Å²) >= 11 is 5.99. The second kappa shape index (κ2) is 6.93. The van der Waals surface area contributed by atoms with Crippen molar-refractivity contribution in [3.8, 4) is 17.1 Å². The highest BCUT2D eigenvalue weighted by Gasteiger charge is 2.12. The van der Waals surface area contributed by atoms with E-state index in [4.69, 9.17) is 16.3 Å². The molecule has 128 valence electrons. The lowest BCUT2D eigenvalue weighted by atomic mass is 10.2. The second-order valence-corrected chi connectivity index (χ2v) is 5.88. The van der Waals surface area contributed by atoms with Crippen LogP contribution in [0.4, 0.5) is 11.6 Å². The van der Waals surface area contributed by atoms with Gasteiger partial charge in [-0.15, -0.1) is 0 Å². The minimum absolute atomic E-state index is 0.401. The van der Waals surface area contributed by atoms with Crippen LogP contribution in [0.25, 0.3) is 22.3 Å². The molecule has 3 heterocycles. The highest BCUT2D eigenvalue weighted by Crippen LogP contribution is 2.29. The molecule has 4 rings (SSSR count). The number of aromatic nitrogens is 4. The predicted octanol–water partition coefficient (Wildman–Crippen LogP) is 4.49. The van der Waals surface area contributed by atoms with Gasteiger partial charge >= 0.3 is 0 Å². The van der Waals surface area contributed by atoms with Gasteiger partial charge in [-0.25, -0.2) is 15.0 Å². The van der Waals surface area contributed by atoms with Gasteiger partial charge in [0.25, 0.3) is 0 Å². The third-order valence-corrected chi connectivity index (χ3v) is 3.99. The van der Waals surface area contributed by atoms with Crippen LogP contribution >= 0.6 is 11.6 Å². The summed E-state index contributed by atoms with van der Waals surface area (Å²) in [5, 5.41) is 4.45. The van der Waals surface area contributed by atoms with Crippen LogP contribution in [0.15, 0.2) is 60.9 Å². The SMILES string of the molecule is COc1ccc2nc(-c3cccnc3)nc(Nc3cccc(Cl)n3)c2c1. The first-order valence-electron chi connectivity index (χ1n) is 7.89. The van der Waals surface area contributed by atoms with Crippen molar-refractivity contribution < 1.29 is 4.74 Å². The topological polar surface area (TPSA) is 72.8 Å². The van der Waals surface area contributed by atoms with E-state index in [1.165, 1.54) is 0 Å². The molecular weight excluding hydrogens is 350 g/mol. The van der Waals surface area contributed by atoms with Crippen molar-refractivity contribution in [2.75, 3.05) is 12.4 Å². The van der Waals surface area contributed by atoms with Gasteiger partial charge in [-0.3, -0.25) is 4.98 Å². The van der Waals surface area contributed by atoms with Crippen molar-refractivity contribution in [2.24, 2.45) is 0 Å². The molecule has 0 unspecified atom stereocenters. The molecule has 0 aliphatic rings. The van der Waals surface area contributed by atoms with E-state index < -0.39 is 0 Å². The fraction of sp³-hybridized carbons (Fsp3) is 0.0526. The Kier molecular flexibility index (Phi) is 4.33. The lowest BCUT2D eigenvalue weighted by molar-refractivity contribution is 0.415. The van der Waals surface area contributed by atoms with E-state index in [0.29, 0.717) is 22.6 Å². The highest BCUT2D eigenvalue weighted by molar-refractivity contribution is 6.29. The number of rotatable bonds is 4. The maximum absolute atomic E-state index is 5.99. The summed E-state index contributed by atoms with van der Waals surface area (Å²) in [7, 11) is 1.62. The van der Waals surface area contributed by atoms with Crippen molar-refractivity contribution >= 4 is 34.1 Å². The zero-order valence-electron chi connectivity index (χ0n) is 13.8. The van der Waals surface area contributed by atoms with Crippen molar-refractivity contribution in [1.29, 1.82) is 0 Å². The Hall–Kier alpha value is -3.25. The molecule has 7 heteroatoms. The van der Waals surface area contributed by atoms with Crippen LogP contribution in [0.3, 0.4) is 0 Å². The number of halogens is 1. The molecule has 0 amide bonds. The molecule has 0 aliphatic heterocycles. The molecule has 0 saturated heterocycles. The van der Waals surface area contributed by atoms with Crippen molar-refractivity contribution in [2.45, 2.75) is 0 Å². The first-order valence-corrected chi connectivity index (χ1v) is 8.26. The van der Waals surface area contributed by atoms with Crippen molar-refractivity contribution in [3.05, 3.63) is 66.1 Å². The molecule has 0 atom stereocenters. The van der Waals surface area contributed by atoms with Crippen LogP contribution in [-0.2, 0) is 0 Å². The van der Waals surface area contributed by atoms with Gasteiger partial charge in [0.05, 0.1) is 12.6 Å². The number of fused-ring (bicyclic) bond motifs is 1. The minimum atomic E-state index is 0.401. The molecule has 6 nitrogen and oxygen atoms in total. The third-order valence-electron chi connectivity index (χ3n) is 3.78. The largest absolute Gasteiger partial charge is 0.497 e. The van der Waals surface area contributed by atoms with Gasteiger partial charge in [-0.2, -0.15) is 0 Å². The Morgan fingerprint density at radius 1 is 1.00 bits per heavy atom. The standard InChI is InChI=1S/C19H14ClN5O/c1-26-13-7-8-15-14(10-13)19(24-17-6-2-5-16(20)23-17)25-18(22-15)12-4-3-9-21-11-12/h2-11H,1H3,(H,22,23,24,25). The molecular formula is C19H14ClN5O. The van der Waals surface area contributed by atoms with Crippen molar-refractivity contribution in [1.82, 2.24) is 19.9 Å². The Balaban J connectivity index is 1.89. The summed E-state index contributed by atoms with van der Waals surface area (Å²) in [6.45, 7) is 0. The average Bonchev–Trinajstić information content (AvgIpc) is 2.68. The van der Waals surface area contributed by atoms with Gasteiger partial charge in [0.15, 0.2) is 5.82 Å². The summed E-state index contributed by atoms with van der Waals surface area (Å²) in [6, 6.07) is 14.8. The fourth-order valence-corrected chi connectivity index (χ4v) is 2.72. The summed E-state index contributed by atoms with van der Waals surface area (Å²) in [5.74, 6) is 2.50. The van der Waals surface area contributed by atoms with Crippen LogP contribution in [-0.4, -0.2) is 27.0 Å². The molecule has 3 aromatic heterocycles. The Labute approximate surface area is 154 Å². The van der Waals surface area contributed by atoms with Crippen molar-refractivity contribution in [3.63, 3.8) is 0 Å². The Bertz CT molecular complexity index is 1070. The highest BCUT2D eigenvalue weighted by atomic mass is 35.5. The van der Waals surface area contributed by atoms with E-state index in [1.54, 1.807) is 25.6 Å². The van der Waals surface area contributed by atoms with Crippen LogP contribution < -0.4 is 10.1 Å². The average molecular weight is 364 g/mol. The third kappa shape index (κ3) is 3.27. The molecule has 4 aromatic rings. The van der Waals surface area contributed by atoms with E-state index in [-0.39, 0.29) is 0 Å². The molecule has 1 N–H and O–H groups in total. The minimum Gasteiger partial charge on any atom is -0.497 e. The molecule has 0 radical (unpaired) electrons. The Morgan fingerprint density at radius 2 is 1.92 bits per heavy atom. The van der Waals surface area contributed by atoms with Crippen LogP contribution in [0.1, 0.15) is 0 Å². The Morgan fingerprint density at radius 3 is 2.69 bits per heavy atom. The second-order valence-electron chi connectivity index (χ2n) is 5.49. The summed E-state index contributed by atoms with van der Waals surface area (Å²) in [4.78, 5) is 17.7. The van der Waals surface area contributed by atoms with Crippen LogP contribution in [0.2, 0.25) is 5.15 Å². The molecule has 1 aromatic carbocycles. The molecule has 26 heavy (non-hydrogen) atoms. The van der Waals surface area contributed by atoms with Gasteiger partial charge in [-0.1, -0.05) is 17.7 Å². The number of ether oxygens (including phenoxy) is 1. The lowest BCUT2D eigenvalue weighted by Crippen LogP contribution is -2.01. The van der Waals surface area contributed by atoms with E-state index in [1.807, 2.05) is 42.5 Å². The quantitative estimate of drug-likeness (QED) is 0.538. The predicted molar refractivity (Wildman–Crippen MR) is 102 cm³/mol. The number of hydrogen-bond acceptors (Lipinski definition) is 6. The fourth-order valence-electron chi connectivity index (χ4n) is 2.55. The number of pyridine rings is 2. The van der Waals surface area contributed by atoms with Crippen LogP contribution in [0.5, 0.6) is 5.75 Å². The molecule has 0 saturated carbocycles. The summed E-state index contributed by atoms with van der Waals surface area (Å²) < 4.78 is 5.33. The smallest absolute Gasteiger partial charge is 0.163 e. The maximum atomic E-state index is 5.99. The normalized spacial score (nSPS) is 10.7. The number of benzene rings is 1. The zero-order valence-corrected chi connectivity index (χ0v) is 14.6. The molecule has 0 bridgehead atoms. The van der Waals surface area contributed by atoms with Gasteiger partial charge < -0.3 is 10.1 Å². The van der Waals surface area contributed by atoms with E-state index in [0.717, 1.165) is 22.2 Å². The van der Waals surface area contributed by atoms with Gasteiger partial charge in [-0.05, 0) is 42.5 Å². The van der Waals surface area contributed by atoms with E-state index in [2.05, 4.69) is 25.3 Å². The number of anilines is 2. The number of hydrogen-bond donors (Lipinski definition) is 1. The summed E-state index contributed by atoms with van der Waals surface area (Å²) in [6.07, 6.45) is 3.44. The molecule has 0 spiro atoms. The van der Waals surface area contributed by atoms with Gasteiger partial charge in [0.2, 0.25) is 0 Å². The molecule has 0 aliphatic carbocycles. The maximum Gasteiger partial charge on any atom is 0.163 e. The lowest BCUT2D eigenvalue weighted by Gasteiger charge is -2.11. The zero-order chi connectivity index (χ0) is 17.9. The molecule has 0 fully saturated rings. The van der Waals surface area contributed by atoms with E-state index >= 15 is 0 Å². The van der Waals surface area contributed by atoms with E-state index in [9.17, 15) is 0 Å². The number of nitrogens with zero attached hydrogens (tertiary/aromatic N) is 4. The monoisotopic (exact) mass is 363 g/mol. The number of nitrogens with one attached hydrogen (secondary N) is 1.